The Morgan fingerprint density at radius 1 is 0.500 bits per heavy atom. The maximum atomic E-state index is 6.51. The molecule has 0 spiro atoms. The van der Waals surface area contributed by atoms with Crippen LogP contribution in [0.15, 0.2) is 144 Å². The first kappa shape index (κ1) is 23.0. The van der Waals surface area contributed by atoms with Crippen molar-refractivity contribution in [2.45, 2.75) is 0 Å². The lowest BCUT2D eigenvalue weighted by molar-refractivity contribution is 0.668. The number of fused-ring (bicyclic) bond motifs is 7. The predicted octanol–water partition coefficient (Wildman–Crippen LogP) is 9.96. The van der Waals surface area contributed by atoms with Crippen LogP contribution < -0.4 is 0 Å². The topological polar surface area (TPSA) is 43.9 Å². The van der Waals surface area contributed by atoms with E-state index in [4.69, 9.17) is 14.4 Å². The molecule has 0 unspecified atom stereocenters. The smallest absolute Gasteiger partial charge is 0.161 e. The summed E-state index contributed by atoms with van der Waals surface area (Å²) in [7, 11) is 0. The molecule has 3 heterocycles. The number of hydrogen-bond acceptors (Lipinski definition) is 3. The molecule has 9 rings (SSSR count). The van der Waals surface area contributed by atoms with E-state index in [0.717, 1.165) is 55.3 Å². The van der Waals surface area contributed by atoms with Crippen molar-refractivity contribution in [2.75, 3.05) is 0 Å². The summed E-state index contributed by atoms with van der Waals surface area (Å²) in [5.41, 5.74) is 8.93. The minimum atomic E-state index is 0.687. The van der Waals surface area contributed by atoms with Crippen molar-refractivity contribution in [3.8, 4) is 28.3 Å². The Kier molecular flexibility index (Phi) is 4.87. The predicted molar refractivity (Wildman–Crippen MR) is 172 cm³/mol. The van der Waals surface area contributed by atoms with Gasteiger partial charge in [0, 0.05) is 49.8 Å². The number of benzene rings is 6. The van der Waals surface area contributed by atoms with Crippen molar-refractivity contribution in [1.29, 1.82) is 0 Å². The first-order valence-electron chi connectivity index (χ1n) is 14.1. The lowest BCUT2D eigenvalue weighted by Crippen LogP contribution is -1.95. The average Bonchev–Trinajstić information content (AvgIpc) is 3.60. The molecule has 0 amide bonds. The summed E-state index contributed by atoms with van der Waals surface area (Å²) < 4.78 is 8.83. The van der Waals surface area contributed by atoms with Gasteiger partial charge in [0.2, 0.25) is 0 Å². The molecule has 42 heavy (non-hydrogen) atoms. The van der Waals surface area contributed by atoms with Gasteiger partial charge in [0.25, 0.3) is 0 Å². The minimum absolute atomic E-state index is 0.687. The Labute approximate surface area is 241 Å². The van der Waals surface area contributed by atoms with Gasteiger partial charge in [0.05, 0.1) is 22.2 Å². The largest absolute Gasteiger partial charge is 0.456 e. The van der Waals surface area contributed by atoms with Crippen LogP contribution in [-0.2, 0) is 0 Å². The van der Waals surface area contributed by atoms with E-state index < -0.39 is 0 Å². The highest BCUT2D eigenvalue weighted by molar-refractivity contribution is 6.13. The van der Waals surface area contributed by atoms with E-state index in [2.05, 4.69) is 102 Å². The fraction of sp³-hybridized carbons (Fsp3) is 0. The molecule has 6 aromatic carbocycles. The van der Waals surface area contributed by atoms with E-state index in [9.17, 15) is 0 Å². The van der Waals surface area contributed by atoms with Gasteiger partial charge in [-0.25, -0.2) is 9.97 Å². The van der Waals surface area contributed by atoms with Crippen LogP contribution in [0, 0.1) is 0 Å². The fourth-order valence-electron chi connectivity index (χ4n) is 6.35. The van der Waals surface area contributed by atoms with Crippen molar-refractivity contribution >= 4 is 54.6 Å². The van der Waals surface area contributed by atoms with Crippen molar-refractivity contribution in [3.05, 3.63) is 140 Å². The molecule has 0 atom stereocenters. The second-order valence-electron chi connectivity index (χ2n) is 10.6. The van der Waals surface area contributed by atoms with Gasteiger partial charge in [-0.1, -0.05) is 97.1 Å². The average molecular weight is 538 g/mol. The monoisotopic (exact) mass is 537 g/mol. The third-order valence-corrected chi connectivity index (χ3v) is 8.21. The Morgan fingerprint density at radius 3 is 1.98 bits per heavy atom. The molecule has 0 N–H and O–H groups in total. The van der Waals surface area contributed by atoms with Crippen molar-refractivity contribution < 1.29 is 4.42 Å². The molecule has 0 aliphatic heterocycles. The number of para-hydroxylation sites is 3. The zero-order valence-corrected chi connectivity index (χ0v) is 22.5. The molecule has 9 aromatic rings. The van der Waals surface area contributed by atoms with Crippen LogP contribution in [0.2, 0.25) is 0 Å². The molecule has 0 radical (unpaired) electrons. The van der Waals surface area contributed by atoms with Gasteiger partial charge in [-0.15, -0.1) is 0 Å². The molecule has 0 bridgehead atoms. The summed E-state index contributed by atoms with van der Waals surface area (Å²) in [6.07, 6.45) is 0. The summed E-state index contributed by atoms with van der Waals surface area (Å²) in [4.78, 5) is 10.2. The van der Waals surface area contributed by atoms with Gasteiger partial charge in [-0.05, 0) is 36.4 Å². The van der Waals surface area contributed by atoms with Gasteiger partial charge in [-0.2, -0.15) is 0 Å². The second-order valence-corrected chi connectivity index (χ2v) is 10.6. The summed E-state index contributed by atoms with van der Waals surface area (Å²) in [6.45, 7) is 0. The lowest BCUT2D eigenvalue weighted by Gasteiger charge is -2.10. The zero-order chi connectivity index (χ0) is 27.6. The Bertz CT molecular complexity index is 2420. The number of hydrogen-bond donors (Lipinski definition) is 0. The quantitative estimate of drug-likeness (QED) is 0.225. The highest BCUT2D eigenvalue weighted by atomic mass is 16.3. The van der Waals surface area contributed by atoms with Crippen molar-refractivity contribution in [2.24, 2.45) is 0 Å². The van der Waals surface area contributed by atoms with Crippen LogP contribution in [0.3, 0.4) is 0 Å². The Hall–Kier alpha value is -5.74. The summed E-state index contributed by atoms with van der Waals surface area (Å²) in [5.74, 6) is 0.687. The number of furan rings is 1. The molecular formula is C38H23N3O. The second kappa shape index (κ2) is 8.88. The van der Waals surface area contributed by atoms with E-state index in [1.165, 1.54) is 21.8 Å². The van der Waals surface area contributed by atoms with Gasteiger partial charge in [0.1, 0.15) is 11.2 Å². The van der Waals surface area contributed by atoms with Crippen LogP contribution in [-0.4, -0.2) is 14.5 Å². The molecule has 4 nitrogen and oxygen atoms in total. The van der Waals surface area contributed by atoms with Crippen LogP contribution in [0.25, 0.3) is 83.0 Å². The van der Waals surface area contributed by atoms with E-state index in [0.29, 0.717) is 5.82 Å². The van der Waals surface area contributed by atoms with Gasteiger partial charge in [-0.3, -0.25) is 0 Å². The van der Waals surface area contributed by atoms with E-state index in [-0.39, 0.29) is 0 Å². The van der Waals surface area contributed by atoms with Gasteiger partial charge < -0.3 is 8.98 Å². The summed E-state index contributed by atoms with van der Waals surface area (Å²) in [5, 5.41) is 5.58. The fourth-order valence-corrected chi connectivity index (χ4v) is 6.35. The molecule has 0 aliphatic rings. The van der Waals surface area contributed by atoms with E-state index in [1.54, 1.807) is 0 Å². The normalized spacial score (nSPS) is 11.8. The Morgan fingerprint density at radius 2 is 1.19 bits per heavy atom. The minimum Gasteiger partial charge on any atom is -0.456 e. The van der Waals surface area contributed by atoms with Crippen LogP contribution >= 0.6 is 0 Å². The summed E-state index contributed by atoms with van der Waals surface area (Å²) in [6, 6.07) is 48.3. The molecule has 0 saturated heterocycles. The molecule has 4 heteroatoms. The van der Waals surface area contributed by atoms with E-state index in [1.807, 2.05) is 42.5 Å². The Balaban J connectivity index is 1.28. The molecule has 0 fully saturated rings. The number of rotatable bonds is 3. The SMILES string of the molecule is c1ccc(-c2nc(-c3cccc4oc5cc(-n6c7ccccc7c7ccccc76)ccc5c34)nc3ccccc23)cc1. The lowest BCUT2D eigenvalue weighted by atomic mass is 10.0. The highest BCUT2D eigenvalue weighted by Gasteiger charge is 2.18. The maximum absolute atomic E-state index is 6.51. The van der Waals surface area contributed by atoms with Gasteiger partial charge in [0.15, 0.2) is 5.82 Å². The van der Waals surface area contributed by atoms with Crippen LogP contribution in [0.1, 0.15) is 0 Å². The van der Waals surface area contributed by atoms with E-state index >= 15 is 0 Å². The van der Waals surface area contributed by atoms with Crippen molar-refractivity contribution in [1.82, 2.24) is 14.5 Å². The van der Waals surface area contributed by atoms with Gasteiger partial charge >= 0.3 is 0 Å². The molecule has 0 aliphatic carbocycles. The van der Waals surface area contributed by atoms with Crippen LogP contribution in [0.5, 0.6) is 0 Å². The highest BCUT2D eigenvalue weighted by Crippen LogP contribution is 2.39. The first-order chi connectivity index (χ1) is 20.8. The molecule has 3 aromatic heterocycles. The molecular weight excluding hydrogens is 514 g/mol. The third kappa shape index (κ3) is 3.36. The summed E-state index contributed by atoms with van der Waals surface area (Å²) >= 11 is 0. The third-order valence-electron chi connectivity index (χ3n) is 8.21. The maximum Gasteiger partial charge on any atom is 0.161 e. The molecule has 196 valence electrons. The van der Waals surface area contributed by atoms with Crippen molar-refractivity contribution in [3.63, 3.8) is 0 Å². The molecule has 0 saturated carbocycles. The standard InChI is InChI=1S/C38H23N3O/c1-2-11-24(12-3-1)37-28-15-4-7-17-31(28)39-38(40-37)30-16-10-20-34-36(30)29-22-21-25(23-35(29)42-34)41-32-18-8-5-13-26(32)27-14-6-9-19-33(27)41/h1-23H. The zero-order valence-electron chi connectivity index (χ0n) is 22.5. The van der Waals surface area contributed by atoms with Crippen LogP contribution in [0.4, 0.5) is 0 Å². The first-order valence-corrected chi connectivity index (χ1v) is 14.1. The number of aromatic nitrogens is 3. The number of nitrogens with zero attached hydrogens (tertiary/aromatic N) is 3.